The van der Waals surface area contributed by atoms with Crippen LogP contribution in [0.2, 0.25) is 0 Å². The van der Waals surface area contributed by atoms with E-state index in [4.69, 9.17) is 0 Å². The molecule has 1 saturated heterocycles. The van der Waals surface area contributed by atoms with E-state index in [1.54, 1.807) is 0 Å². The molecular weight excluding hydrogens is 178 g/mol. The summed E-state index contributed by atoms with van der Waals surface area (Å²) in [6.45, 7) is 0.169. The highest BCUT2D eigenvalue weighted by molar-refractivity contribution is 7.10. The van der Waals surface area contributed by atoms with E-state index < -0.39 is 0 Å². The van der Waals surface area contributed by atoms with Crippen molar-refractivity contribution >= 4 is 28.2 Å². The average molecular weight is 183 g/mol. The van der Waals surface area contributed by atoms with E-state index in [9.17, 15) is 9.59 Å². The molecule has 0 aliphatic carbocycles. The SMILES string of the molecule is O=C1CC(=O)N(c2cnns2)C1. The molecule has 0 unspecified atom stereocenters. The van der Waals surface area contributed by atoms with E-state index >= 15 is 0 Å². The minimum Gasteiger partial charge on any atom is -0.297 e. The van der Waals surface area contributed by atoms with Gasteiger partial charge in [-0.25, -0.2) is 0 Å². The van der Waals surface area contributed by atoms with Crippen LogP contribution in [0, 0.1) is 0 Å². The second-order valence-corrected chi connectivity index (χ2v) is 3.22. The van der Waals surface area contributed by atoms with E-state index in [0.29, 0.717) is 5.00 Å². The number of rotatable bonds is 1. The maximum atomic E-state index is 11.1. The molecule has 0 spiro atoms. The largest absolute Gasteiger partial charge is 0.297 e. The van der Waals surface area contributed by atoms with Crippen LogP contribution in [-0.4, -0.2) is 27.8 Å². The van der Waals surface area contributed by atoms with Gasteiger partial charge in [-0.1, -0.05) is 4.49 Å². The maximum Gasteiger partial charge on any atom is 0.235 e. The lowest BCUT2D eigenvalue weighted by Gasteiger charge is -2.08. The molecule has 1 fully saturated rings. The van der Waals surface area contributed by atoms with Gasteiger partial charge < -0.3 is 0 Å². The van der Waals surface area contributed by atoms with Gasteiger partial charge in [-0.05, 0) is 0 Å². The van der Waals surface area contributed by atoms with Gasteiger partial charge in [0.1, 0.15) is 5.00 Å². The number of nitrogens with zero attached hydrogens (tertiary/aromatic N) is 3. The molecule has 1 aliphatic rings. The van der Waals surface area contributed by atoms with Crippen LogP contribution < -0.4 is 4.90 Å². The third-order valence-corrected chi connectivity index (χ3v) is 2.29. The number of aromatic nitrogens is 2. The highest BCUT2D eigenvalue weighted by Crippen LogP contribution is 2.21. The van der Waals surface area contributed by atoms with Crippen LogP contribution >= 0.6 is 11.5 Å². The normalized spacial score (nSPS) is 17.5. The highest BCUT2D eigenvalue weighted by atomic mass is 32.1. The Kier molecular flexibility index (Phi) is 1.61. The first-order valence-corrected chi connectivity index (χ1v) is 4.14. The van der Waals surface area contributed by atoms with Gasteiger partial charge in [0, 0.05) is 11.5 Å². The van der Waals surface area contributed by atoms with Gasteiger partial charge in [-0.3, -0.25) is 14.5 Å². The molecule has 0 atom stereocenters. The van der Waals surface area contributed by atoms with Crippen molar-refractivity contribution in [3.8, 4) is 0 Å². The topological polar surface area (TPSA) is 63.2 Å². The molecule has 0 aromatic carbocycles. The zero-order valence-electron chi connectivity index (χ0n) is 6.06. The fourth-order valence-electron chi connectivity index (χ4n) is 1.07. The van der Waals surface area contributed by atoms with E-state index in [-0.39, 0.29) is 24.7 Å². The van der Waals surface area contributed by atoms with Gasteiger partial charge in [-0.15, -0.1) is 5.10 Å². The lowest BCUT2D eigenvalue weighted by molar-refractivity contribution is -0.121. The van der Waals surface area contributed by atoms with Crippen molar-refractivity contribution < 1.29 is 9.59 Å². The minimum atomic E-state index is -0.161. The zero-order valence-corrected chi connectivity index (χ0v) is 6.87. The third kappa shape index (κ3) is 1.10. The maximum absolute atomic E-state index is 11.1. The van der Waals surface area contributed by atoms with Crippen molar-refractivity contribution in [1.82, 2.24) is 9.59 Å². The molecule has 1 aromatic rings. The molecule has 2 rings (SSSR count). The van der Waals surface area contributed by atoms with Crippen LogP contribution in [0.3, 0.4) is 0 Å². The lowest BCUT2D eigenvalue weighted by atomic mass is 10.3. The third-order valence-electron chi connectivity index (χ3n) is 1.60. The summed E-state index contributed by atoms with van der Waals surface area (Å²) < 4.78 is 3.61. The van der Waals surface area contributed by atoms with Crippen molar-refractivity contribution in [2.75, 3.05) is 11.4 Å². The average Bonchev–Trinajstić information content (AvgIpc) is 2.58. The quantitative estimate of drug-likeness (QED) is 0.568. The smallest absolute Gasteiger partial charge is 0.235 e. The molecule has 1 amide bonds. The Morgan fingerprint density at radius 1 is 1.50 bits per heavy atom. The predicted molar refractivity (Wildman–Crippen MR) is 41.9 cm³/mol. The van der Waals surface area contributed by atoms with Gasteiger partial charge in [-0.2, -0.15) is 0 Å². The van der Waals surface area contributed by atoms with Crippen molar-refractivity contribution in [3.05, 3.63) is 6.20 Å². The Morgan fingerprint density at radius 3 is 2.83 bits per heavy atom. The molecule has 1 aromatic heterocycles. The summed E-state index contributed by atoms with van der Waals surface area (Å²) in [7, 11) is 0. The first-order chi connectivity index (χ1) is 5.77. The Labute approximate surface area is 72.2 Å². The lowest BCUT2D eigenvalue weighted by Crippen LogP contribution is -2.23. The monoisotopic (exact) mass is 183 g/mol. The molecule has 6 heteroatoms. The Morgan fingerprint density at radius 2 is 2.33 bits per heavy atom. The summed E-state index contributed by atoms with van der Waals surface area (Å²) in [5.74, 6) is -0.209. The van der Waals surface area contributed by atoms with Gasteiger partial charge in [0.15, 0.2) is 5.78 Å². The Hall–Kier alpha value is -1.30. The first kappa shape index (κ1) is 7.35. The molecule has 0 N–H and O–H groups in total. The molecule has 62 valence electrons. The fourth-order valence-corrected chi connectivity index (χ4v) is 1.60. The summed E-state index contributed by atoms with van der Waals surface area (Å²) in [5.41, 5.74) is 0. The van der Waals surface area contributed by atoms with Crippen LogP contribution in [0.25, 0.3) is 0 Å². The van der Waals surface area contributed by atoms with E-state index in [1.165, 1.54) is 11.1 Å². The Bertz CT molecular complexity index is 322. The van der Waals surface area contributed by atoms with Gasteiger partial charge in [0.05, 0.1) is 19.2 Å². The minimum absolute atomic E-state index is 0.0118. The number of hydrogen-bond donors (Lipinski definition) is 0. The Balaban J connectivity index is 2.26. The van der Waals surface area contributed by atoms with Gasteiger partial charge in [0.2, 0.25) is 5.91 Å². The van der Waals surface area contributed by atoms with Crippen molar-refractivity contribution in [3.63, 3.8) is 0 Å². The van der Waals surface area contributed by atoms with Crippen LogP contribution in [0.5, 0.6) is 0 Å². The molecule has 0 radical (unpaired) electrons. The fraction of sp³-hybridized carbons (Fsp3) is 0.333. The highest BCUT2D eigenvalue weighted by Gasteiger charge is 2.29. The van der Waals surface area contributed by atoms with Gasteiger partial charge >= 0.3 is 0 Å². The van der Waals surface area contributed by atoms with Gasteiger partial charge in [0.25, 0.3) is 0 Å². The second kappa shape index (κ2) is 2.63. The number of carbonyl (C=O) groups excluding carboxylic acids is 2. The van der Waals surface area contributed by atoms with Crippen molar-refractivity contribution in [2.45, 2.75) is 6.42 Å². The molecule has 0 saturated carbocycles. The molecule has 2 heterocycles. The summed E-state index contributed by atoms with van der Waals surface area (Å²) in [5, 5.41) is 4.23. The van der Waals surface area contributed by atoms with E-state index in [2.05, 4.69) is 9.59 Å². The summed E-state index contributed by atoms with van der Waals surface area (Å²) in [6, 6.07) is 0. The molecule has 0 bridgehead atoms. The van der Waals surface area contributed by atoms with Crippen LogP contribution in [0.15, 0.2) is 6.20 Å². The number of anilines is 1. The predicted octanol–water partition coefficient (Wildman–Crippen LogP) is -0.156. The molecular formula is C6H5N3O2S. The first-order valence-electron chi connectivity index (χ1n) is 3.37. The number of ketones is 1. The number of amides is 1. The standard InChI is InChI=1S/C6H5N3O2S/c10-4-1-5(11)9(3-4)6-2-7-8-12-6/h2H,1,3H2. The molecule has 12 heavy (non-hydrogen) atoms. The van der Waals surface area contributed by atoms with Crippen LogP contribution in [0.4, 0.5) is 5.00 Å². The summed E-state index contributed by atoms with van der Waals surface area (Å²) >= 11 is 1.12. The van der Waals surface area contributed by atoms with E-state index in [1.807, 2.05) is 0 Å². The molecule has 1 aliphatic heterocycles. The summed E-state index contributed by atoms with van der Waals surface area (Å²) in [4.78, 5) is 23.4. The number of carbonyl (C=O) groups is 2. The zero-order chi connectivity index (χ0) is 8.55. The van der Waals surface area contributed by atoms with Crippen LogP contribution in [-0.2, 0) is 9.59 Å². The van der Waals surface area contributed by atoms with Crippen molar-refractivity contribution in [2.24, 2.45) is 0 Å². The molecule has 5 nitrogen and oxygen atoms in total. The second-order valence-electron chi connectivity index (χ2n) is 2.45. The summed E-state index contributed by atoms with van der Waals surface area (Å²) in [6.07, 6.45) is 1.50. The van der Waals surface area contributed by atoms with Crippen molar-refractivity contribution in [1.29, 1.82) is 0 Å². The van der Waals surface area contributed by atoms with Crippen LogP contribution in [0.1, 0.15) is 6.42 Å². The number of Topliss-reactive ketones (excluding diaryl/α,β-unsaturated/α-hetero) is 1. The van der Waals surface area contributed by atoms with E-state index in [0.717, 1.165) is 11.5 Å². The number of hydrogen-bond acceptors (Lipinski definition) is 5.